The molecule has 36 heteroatoms. The summed E-state index contributed by atoms with van der Waals surface area (Å²) in [5.74, 6) is -2.09. The number of hydrogen-bond acceptors (Lipinski definition) is 33. The van der Waals surface area contributed by atoms with E-state index >= 15 is 0 Å². The normalized spacial score (nSPS) is 35.9. The summed E-state index contributed by atoms with van der Waals surface area (Å²) in [7, 11) is 0. The Kier molecular flexibility index (Phi) is 50.0. The topological polar surface area (TPSA) is 562 Å². The van der Waals surface area contributed by atoms with Crippen LogP contribution in [0.1, 0.15) is 246 Å². The minimum Gasteiger partial charge on any atom is -0.394 e. The number of carbonyl (C=O) groups excluding carboxylic acids is 3. The van der Waals surface area contributed by atoms with Crippen molar-refractivity contribution in [2.75, 3.05) is 46.2 Å². The summed E-state index contributed by atoms with van der Waals surface area (Å²) in [6, 6.07) is -4.71. The first-order chi connectivity index (χ1) is 56.8. The predicted octanol–water partition coefficient (Wildman–Crippen LogP) is -0.0834. The number of unbranched alkanes of at least 4 members (excludes halogenated alkanes) is 31. The van der Waals surface area contributed by atoms with Gasteiger partial charge < -0.3 is 165 Å². The van der Waals surface area contributed by atoms with Gasteiger partial charge in [0.15, 0.2) is 37.7 Å². The van der Waals surface area contributed by atoms with Crippen molar-refractivity contribution < 1.29 is 163 Å². The Bertz CT molecular complexity index is 2710. The van der Waals surface area contributed by atoms with E-state index in [0.29, 0.717) is 12.8 Å². The van der Waals surface area contributed by atoms with Gasteiger partial charge in [0.25, 0.3) is 0 Å². The van der Waals surface area contributed by atoms with Gasteiger partial charge in [-0.3, -0.25) is 14.4 Å². The molecule has 118 heavy (non-hydrogen) atoms. The summed E-state index contributed by atoms with van der Waals surface area (Å²) in [4.78, 5) is 39.6. The lowest BCUT2D eigenvalue weighted by atomic mass is 9.93. The van der Waals surface area contributed by atoms with Crippen molar-refractivity contribution in [2.45, 2.75) is 442 Å². The molecule has 0 aliphatic carbocycles. The highest BCUT2D eigenvalue weighted by Crippen LogP contribution is 2.38. The number of amides is 3. The summed E-state index contributed by atoms with van der Waals surface area (Å²) in [5.41, 5.74) is 0. The molecule has 21 N–H and O–H groups in total. The third-order valence-corrected chi connectivity index (χ3v) is 23.2. The van der Waals surface area contributed by atoms with Crippen molar-refractivity contribution in [1.82, 2.24) is 16.0 Å². The minimum atomic E-state index is -2.30. The number of nitrogens with one attached hydrogen (secondary N) is 3. The zero-order chi connectivity index (χ0) is 86.2. The maximum atomic E-state index is 13.6. The van der Waals surface area contributed by atoms with Crippen LogP contribution in [-0.4, -0.2) is 352 Å². The summed E-state index contributed by atoms with van der Waals surface area (Å²) >= 11 is 0. The van der Waals surface area contributed by atoms with Crippen LogP contribution in [0.15, 0.2) is 12.2 Å². The first-order valence-electron chi connectivity index (χ1n) is 44.0. The van der Waals surface area contributed by atoms with Crippen molar-refractivity contribution in [3.63, 3.8) is 0 Å². The van der Waals surface area contributed by atoms with Gasteiger partial charge in [-0.2, -0.15) is 0 Å². The molecule has 6 heterocycles. The highest BCUT2D eigenvalue weighted by Gasteiger charge is 2.59. The minimum absolute atomic E-state index is 0.171. The Hall–Kier alpha value is -3.05. The molecular formula is C82H149N3O33. The van der Waals surface area contributed by atoms with Gasteiger partial charge in [0.2, 0.25) is 17.7 Å². The summed E-state index contributed by atoms with van der Waals surface area (Å²) in [6.45, 7) is 0.00267. The van der Waals surface area contributed by atoms with Crippen LogP contribution in [0.5, 0.6) is 0 Å². The lowest BCUT2D eigenvalue weighted by Gasteiger charge is -2.51. The fourth-order valence-corrected chi connectivity index (χ4v) is 16.2. The molecule has 32 atom stereocenters. The van der Waals surface area contributed by atoms with Gasteiger partial charge in [0.1, 0.15) is 146 Å². The Morgan fingerprint density at radius 1 is 0.331 bits per heavy atom. The molecule has 0 spiro atoms. The van der Waals surface area contributed by atoms with Crippen LogP contribution in [0.3, 0.4) is 0 Å². The number of hydrogen-bond donors (Lipinski definition) is 21. The number of allylic oxidation sites excluding steroid dienone is 1. The highest BCUT2D eigenvalue weighted by molar-refractivity contribution is 5.76. The van der Waals surface area contributed by atoms with Crippen LogP contribution in [0.2, 0.25) is 0 Å². The van der Waals surface area contributed by atoms with Crippen LogP contribution in [0.25, 0.3) is 0 Å². The van der Waals surface area contributed by atoms with Crippen molar-refractivity contribution in [3.05, 3.63) is 12.2 Å². The Morgan fingerprint density at radius 3 is 0.992 bits per heavy atom. The molecule has 6 aliphatic heterocycles. The second-order valence-corrected chi connectivity index (χ2v) is 32.8. The molecule has 6 aliphatic rings. The average Bonchev–Trinajstić information content (AvgIpc) is 0.766. The van der Waals surface area contributed by atoms with E-state index in [0.717, 1.165) is 65.2 Å². The largest absolute Gasteiger partial charge is 0.394 e. The summed E-state index contributed by atoms with van der Waals surface area (Å²) in [5, 5.41) is 209. The quantitative estimate of drug-likeness (QED) is 0.0280. The molecule has 12 unspecified atom stereocenters. The highest BCUT2D eigenvalue weighted by atomic mass is 16.8. The van der Waals surface area contributed by atoms with Crippen LogP contribution >= 0.6 is 0 Å². The van der Waals surface area contributed by atoms with E-state index in [9.17, 15) is 106 Å². The molecule has 0 aromatic rings. The van der Waals surface area contributed by atoms with Gasteiger partial charge in [-0.05, 0) is 19.3 Å². The molecule has 0 bridgehead atoms. The summed E-state index contributed by atoms with van der Waals surface area (Å²) in [6.07, 6.45) is -13.1. The monoisotopic (exact) mass is 1700 g/mol. The van der Waals surface area contributed by atoms with Crippen molar-refractivity contribution in [1.29, 1.82) is 0 Å². The SMILES string of the molecule is CCCCCCCCCCCCC/C=C/[C@@H](O)[C@H](CO[C@@H]1OC(CO)[C@@H](O[C@@H]2OC(CO)[C@H](O)[C@H](O[C@@H]3OC(CO)[C@@H](O)[C@H](O[C@@H]4OC(CO)[C@H](O)[C@H](O[C@@H]5OC(CO)[C@@H](O)[C@H](O[C@@H]6OC(CO)[C@H](O)[C@H](O)C6O)C5NC(C)=O)C4O)C3NC(C)=O)C2O)[C@H](O)C1O)NC(=O)CCCCCCCCCCCCCCCCCCCCCCC. The first kappa shape index (κ1) is 104. The van der Waals surface area contributed by atoms with Gasteiger partial charge in [-0.15, -0.1) is 0 Å². The third kappa shape index (κ3) is 32.7. The molecule has 0 saturated carbocycles. The van der Waals surface area contributed by atoms with Gasteiger partial charge in [-0.25, -0.2) is 0 Å². The maximum absolute atomic E-state index is 13.6. The van der Waals surface area contributed by atoms with Crippen LogP contribution in [0.4, 0.5) is 0 Å². The third-order valence-electron chi connectivity index (χ3n) is 23.2. The van der Waals surface area contributed by atoms with E-state index in [2.05, 4.69) is 29.8 Å². The molecule has 0 radical (unpaired) electrons. The fourth-order valence-electron chi connectivity index (χ4n) is 16.2. The molecule has 3 amide bonds. The van der Waals surface area contributed by atoms with E-state index < -0.39 is 254 Å². The number of ether oxygens (including phenoxy) is 12. The Balaban J connectivity index is 1.09. The standard InChI is InChI=1S/C82H149N3O33/c1-5-7-9-11-13-15-17-19-20-21-22-23-24-25-26-28-30-32-34-36-38-40-58(95)85-50(51(94)39-37-35-33-31-29-27-18-16-14-12-10-8-6-2)47-107-79-69(104)67(102)72(57(46-91)113-79)114-81-70(105)75(64(99)55(44-89)111-81)117-78-60(84-49(4)93)74(63(98)54(43-88)109-78)116-82-71(106)76(65(100)56(45-90)112-82)118-77-59(83-48(3)92)73(62(97)53(42-87)108-77)115-80-68(103)66(101)61(96)52(41-86)110-80/h37,39,50-57,59-82,86-91,94,96-106H,5-36,38,40-47H2,1-4H3,(H,83,92)(H,84,93)(H,85,95)/b39-37+/t50-,51+,52?,53?,54?,55?,56?,57?,59?,60?,61-,62+,63+,64-,65-,66-,67+,68?,69?,70?,71?,72+,73+,74+,75-,76-,77-,78-,79+,80-,81-,82-/m0/s1. The number of rotatable bonds is 58. The molecule has 6 rings (SSSR count). The zero-order valence-corrected chi connectivity index (χ0v) is 69.8. The van der Waals surface area contributed by atoms with E-state index in [-0.39, 0.29) is 12.3 Å². The fraction of sp³-hybridized carbons (Fsp3) is 0.939. The van der Waals surface area contributed by atoms with E-state index in [1.54, 1.807) is 6.08 Å². The van der Waals surface area contributed by atoms with E-state index in [4.69, 9.17) is 56.8 Å². The molecule has 6 fully saturated rings. The van der Waals surface area contributed by atoms with Gasteiger partial charge in [-0.1, -0.05) is 219 Å². The zero-order valence-electron chi connectivity index (χ0n) is 69.8. The molecule has 690 valence electrons. The second-order valence-electron chi connectivity index (χ2n) is 32.8. The molecule has 36 nitrogen and oxygen atoms in total. The van der Waals surface area contributed by atoms with Crippen LogP contribution in [0, 0.1) is 0 Å². The molecule has 0 aromatic carbocycles. The second kappa shape index (κ2) is 56.8. The Morgan fingerprint density at radius 2 is 0.627 bits per heavy atom. The first-order valence-corrected chi connectivity index (χ1v) is 44.0. The summed E-state index contributed by atoms with van der Waals surface area (Å²) < 4.78 is 71.3. The van der Waals surface area contributed by atoms with E-state index in [1.165, 1.54) is 148 Å². The molecular weight excluding hydrogens is 1550 g/mol. The molecule has 0 aromatic heterocycles. The number of aliphatic hydroxyl groups excluding tert-OH is 18. The van der Waals surface area contributed by atoms with Gasteiger partial charge in [0.05, 0.1) is 58.4 Å². The number of aliphatic hydroxyl groups is 18. The maximum Gasteiger partial charge on any atom is 0.220 e. The lowest BCUT2D eigenvalue weighted by Crippen LogP contribution is -2.71. The van der Waals surface area contributed by atoms with Gasteiger partial charge >= 0.3 is 0 Å². The van der Waals surface area contributed by atoms with Crippen molar-refractivity contribution in [3.8, 4) is 0 Å². The predicted molar refractivity (Wildman–Crippen MR) is 421 cm³/mol. The van der Waals surface area contributed by atoms with Crippen molar-refractivity contribution >= 4 is 17.7 Å². The Labute approximate surface area is 694 Å². The number of carbonyl (C=O) groups is 3. The van der Waals surface area contributed by atoms with Crippen LogP contribution < -0.4 is 16.0 Å². The molecule has 6 saturated heterocycles. The van der Waals surface area contributed by atoms with Gasteiger partial charge in [0, 0.05) is 20.3 Å². The van der Waals surface area contributed by atoms with Crippen LogP contribution in [-0.2, 0) is 71.2 Å². The smallest absolute Gasteiger partial charge is 0.220 e. The average molecular weight is 1710 g/mol. The lowest BCUT2D eigenvalue weighted by molar-refractivity contribution is -0.386. The van der Waals surface area contributed by atoms with E-state index in [1.807, 2.05) is 6.08 Å². The van der Waals surface area contributed by atoms with Crippen molar-refractivity contribution in [2.24, 2.45) is 0 Å².